The van der Waals surface area contributed by atoms with E-state index in [2.05, 4.69) is 30.9 Å². The fourth-order valence-corrected chi connectivity index (χ4v) is 4.71. The number of aromatic amines is 2. The highest BCUT2D eigenvalue weighted by molar-refractivity contribution is 5.96. The van der Waals surface area contributed by atoms with Crippen LogP contribution in [0.15, 0.2) is 73.3 Å². The molecule has 14 nitrogen and oxygen atoms in total. The van der Waals surface area contributed by atoms with E-state index in [-0.39, 0.29) is 19.3 Å². The number of nitrogens with two attached hydrogens (primary N) is 1. The summed E-state index contributed by atoms with van der Waals surface area (Å²) in [6.45, 7) is 0. The molecule has 4 rings (SSSR count). The Morgan fingerprint density at radius 1 is 0.773 bits per heavy atom. The number of imidazole rings is 1. The number of carboxylic acids is 2. The molecule has 9 N–H and O–H groups in total. The lowest BCUT2D eigenvalue weighted by molar-refractivity contribution is -0.143. The summed E-state index contributed by atoms with van der Waals surface area (Å²) >= 11 is 0. The Kier molecular flexibility index (Phi) is 10.4. The minimum absolute atomic E-state index is 0.0123. The number of aromatic nitrogens is 3. The van der Waals surface area contributed by atoms with Crippen LogP contribution in [0.3, 0.4) is 0 Å². The molecule has 2 heterocycles. The first-order valence-electron chi connectivity index (χ1n) is 13.8. The predicted molar refractivity (Wildman–Crippen MR) is 158 cm³/mol. The maximum atomic E-state index is 13.6. The van der Waals surface area contributed by atoms with Crippen LogP contribution < -0.4 is 21.7 Å². The first-order chi connectivity index (χ1) is 21.1. The molecule has 0 aliphatic rings. The van der Waals surface area contributed by atoms with E-state index in [1.165, 1.54) is 12.5 Å². The number of aliphatic carboxylic acids is 2. The molecule has 4 unspecified atom stereocenters. The zero-order valence-corrected chi connectivity index (χ0v) is 23.5. The summed E-state index contributed by atoms with van der Waals surface area (Å²) in [5, 5.41) is 27.5. The number of carbonyl (C=O) groups is 5. The molecule has 0 saturated carbocycles. The van der Waals surface area contributed by atoms with Gasteiger partial charge < -0.3 is 41.9 Å². The van der Waals surface area contributed by atoms with E-state index < -0.39 is 60.2 Å². The van der Waals surface area contributed by atoms with Crippen molar-refractivity contribution in [3.05, 3.63) is 90.1 Å². The zero-order chi connectivity index (χ0) is 31.6. The van der Waals surface area contributed by atoms with Gasteiger partial charge in [-0.3, -0.25) is 19.2 Å². The van der Waals surface area contributed by atoms with E-state index in [0.29, 0.717) is 16.8 Å². The lowest BCUT2D eigenvalue weighted by atomic mass is 10.0. The summed E-state index contributed by atoms with van der Waals surface area (Å²) in [7, 11) is 0. The van der Waals surface area contributed by atoms with Crippen molar-refractivity contribution in [2.45, 2.75) is 49.9 Å². The van der Waals surface area contributed by atoms with Gasteiger partial charge in [0.1, 0.15) is 18.1 Å². The molecule has 0 spiro atoms. The van der Waals surface area contributed by atoms with E-state index in [9.17, 15) is 34.2 Å². The number of rotatable bonds is 15. The van der Waals surface area contributed by atoms with Crippen molar-refractivity contribution in [1.29, 1.82) is 0 Å². The van der Waals surface area contributed by atoms with E-state index in [4.69, 9.17) is 5.73 Å². The van der Waals surface area contributed by atoms with Crippen LogP contribution in [0.4, 0.5) is 0 Å². The van der Waals surface area contributed by atoms with Crippen LogP contribution in [0, 0.1) is 0 Å². The summed E-state index contributed by atoms with van der Waals surface area (Å²) in [5.74, 6) is -5.19. The largest absolute Gasteiger partial charge is 0.481 e. The Morgan fingerprint density at radius 3 is 2.11 bits per heavy atom. The van der Waals surface area contributed by atoms with Gasteiger partial charge in [0.25, 0.3) is 0 Å². The highest BCUT2D eigenvalue weighted by Gasteiger charge is 2.32. The minimum atomic E-state index is -1.58. The van der Waals surface area contributed by atoms with Crippen LogP contribution in [0.2, 0.25) is 0 Å². The fraction of sp³-hybridized carbons (Fsp3) is 0.267. The second-order valence-electron chi connectivity index (χ2n) is 10.3. The normalized spacial score (nSPS) is 13.8. The average Bonchev–Trinajstić information content (AvgIpc) is 3.66. The molecule has 0 bridgehead atoms. The molecule has 4 aromatic rings. The van der Waals surface area contributed by atoms with Crippen molar-refractivity contribution in [3.8, 4) is 0 Å². The van der Waals surface area contributed by atoms with Crippen LogP contribution in [-0.4, -0.2) is 79.0 Å². The number of nitrogens with one attached hydrogen (secondary N) is 5. The van der Waals surface area contributed by atoms with Gasteiger partial charge in [-0.25, -0.2) is 9.78 Å². The summed E-state index contributed by atoms with van der Waals surface area (Å²) < 4.78 is 0. The van der Waals surface area contributed by atoms with E-state index in [1.54, 1.807) is 42.6 Å². The van der Waals surface area contributed by atoms with Crippen molar-refractivity contribution < 1.29 is 34.2 Å². The van der Waals surface area contributed by atoms with Gasteiger partial charge in [-0.05, 0) is 17.2 Å². The van der Waals surface area contributed by atoms with Gasteiger partial charge in [0, 0.05) is 48.3 Å². The number of amides is 3. The van der Waals surface area contributed by atoms with Gasteiger partial charge in [0.2, 0.25) is 17.7 Å². The monoisotopic (exact) mass is 603 g/mol. The number of nitrogens with zero attached hydrogens (tertiary/aromatic N) is 1. The van der Waals surface area contributed by atoms with Crippen LogP contribution >= 0.6 is 0 Å². The van der Waals surface area contributed by atoms with Crippen molar-refractivity contribution in [2.75, 3.05) is 0 Å². The Labute approximate surface area is 251 Å². The molecule has 3 amide bonds. The number of hydrogen-bond acceptors (Lipinski definition) is 7. The quantitative estimate of drug-likeness (QED) is 0.0929. The summed E-state index contributed by atoms with van der Waals surface area (Å²) in [5.41, 5.74) is 8.63. The van der Waals surface area contributed by atoms with Crippen molar-refractivity contribution in [1.82, 2.24) is 30.9 Å². The van der Waals surface area contributed by atoms with Crippen LogP contribution in [0.1, 0.15) is 23.2 Å². The number of carboxylic acid groups (broad SMARTS) is 2. The van der Waals surface area contributed by atoms with Gasteiger partial charge in [0.15, 0.2) is 0 Å². The second-order valence-corrected chi connectivity index (χ2v) is 10.3. The molecule has 0 fully saturated rings. The van der Waals surface area contributed by atoms with E-state index in [1.807, 2.05) is 18.2 Å². The van der Waals surface area contributed by atoms with E-state index >= 15 is 0 Å². The van der Waals surface area contributed by atoms with Gasteiger partial charge in [-0.15, -0.1) is 0 Å². The predicted octanol–water partition coefficient (Wildman–Crippen LogP) is 0.260. The van der Waals surface area contributed by atoms with E-state index in [0.717, 1.165) is 10.9 Å². The number of H-pyrrole nitrogens is 2. The van der Waals surface area contributed by atoms with Crippen molar-refractivity contribution >= 4 is 40.6 Å². The molecule has 2 aromatic heterocycles. The average molecular weight is 604 g/mol. The molecule has 44 heavy (non-hydrogen) atoms. The number of fused-ring (bicyclic) bond motifs is 1. The minimum Gasteiger partial charge on any atom is -0.481 e. The lowest BCUT2D eigenvalue weighted by Crippen LogP contribution is -2.58. The molecule has 14 heteroatoms. The lowest BCUT2D eigenvalue weighted by Gasteiger charge is -2.25. The standard InChI is InChI=1S/C30H33N7O7/c31-21(12-19-15-32-16-34-19)27(40)35-24(13-26(38)39)29(42)36-23(11-18-14-33-22-9-5-4-8-20(18)22)28(41)37-25(30(43)44)10-17-6-2-1-3-7-17/h1-9,14-16,21,23-25,33H,10-13,31H2,(H,32,34)(H,35,40)(H,36,42)(H,37,41)(H,38,39)(H,43,44). The fourth-order valence-electron chi connectivity index (χ4n) is 4.71. The highest BCUT2D eigenvalue weighted by atomic mass is 16.4. The third kappa shape index (κ3) is 8.51. The Bertz CT molecular complexity index is 1600. The molecule has 0 aliphatic heterocycles. The number of hydrogen-bond donors (Lipinski definition) is 8. The number of para-hydroxylation sites is 1. The Hall–Kier alpha value is -5.50. The SMILES string of the molecule is NC(Cc1cnc[nH]1)C(=O)NC(CC(=O)O)C(=O)NC(Cc1c[nH]c2ccccc12)C(=O)NC(Cc1ccccc1)C(=O)O. The van der Waals surface area contributed by atoms with Crippen molar-refractivity contribution in [3.63, 3.8) is 0 Å². The number of carbonyl (C=O) groups excluding carboxylic acids is 3. The van der Waals surface area contributed by atoms with Gasteiger partial charge in [0.05, 0.1) is 18.8 Å². The second kappa shape index (κ2) is 14.6. The smallest absolute Gasteiger partial charge is 0.326 e. The van der Waals surface area contributed by atoms with Gasteiger partial charge in [-0.2, -0.15) is 0 Å². The van der Waals surface area contributed by atoms with Gasteiger partial charge in [-0.1, -0.05) is 48.5 Å². The third-order valence-corrected chi connectivity index (χ3v) is 6.97. The topological polar surface area (TPSA) is 232 Å². The van der Waals surface area contributed by atoms with Crippen LogP contribution in [0.5, 0.6) is 0 Å². The molecule has 2 aromatic carbocycles. The first-order valence-corrected chi connectivity index (χ1v) is 13.8. The third-order valence-electron chi connectivity index (χ3n) is 6.97. The first kappa shape index (κ1) is 31.4. The molecule has 0 radical (unpaired) electrons. The molecule has 4 atom stereocenters. The molecule has 230 valence electrons. The maximum Gasteiger partial charge on any atom is 0.326 e. The van der Waals surface area contributed by atoms with Crippen LogP contribution in [-0.2, 0) is 43.2 Å². The summed E-state index contributed by atoms with van der Waals surface area (Å²) in [4.78, 5) is 73.2. The number of benzene rings is 2. The maximum absolute atomic E-state index is 13.6. The summed E-state index contributed by atoms with van der Waals surface area (Å²) in [6.07, 6.45) is 3.74. The Balaban J connectivity index is 1.55. The Morgan fingerprint density at radius 2 is 1.43 bits per heavy atom. The molecular weight excluding hydrogens is 570 g/mol. The molecule has 0 aliphatic carbocycles. The van der Waals surface area contributed by atoms with Crippen molar-refractivity contribution in [2.24, 2.45) is 5.73 Å². The zero-order valence-electron chi connectivity index (χ0n) is 23.5. The van der Waals surface area contributed by atoms with Gasteiger partial charge >= 0.3 is 11.9 Å². The van der Waals surface area contributed by atoms with Crippen LogP contribution in [0.25, 0.3) is 10.9 Å². The summed E-state index contributed by atoms with van der Waals surface area (Å²) in [6, 6.07) is 10.7. The highest BCUT2D eigenvalue weighted by Crippen LogP contribution is 2.19. The molecule has 0 saturated heterocycles. The molecular formula is C30H33N7O7.